The van der Waals surface area contributed by atoms with Crippen LogP contribution in [0.15, 0.2) is 11.7 Å². The Kier molecular flexibility index (Phi) is 4.85. The number of hydrogen-bond acceptors (Lipinski definition) is 9. The van der Waals surface area contributed by atoms with Crippen molar-refractivity contribution in [2.45, 2.75) is 23.9 Å². The molecule has 0 radical (unpaired) electrons. The largest absolute Gasteiger partial charge is 0.386 e. The quantitative estimate of drug-likeness (QED) is 0.339. The number of aliphatic hydroxyl groups excluding tert-OH is 1. The number of aliphatic hydroxyl groups is 2. The van der Waals surface area contributed by atoms with Crippen LogP contribution < -0.4 is 5.73 Å². The number of anilines is 1. The van der Waals surface area contributed by atoms with Crippen LogP contribution in [0, 0.1) is 12.3 Å². The molecule has 0 aliphatic carbocycles. The van der Waals surface area contributed by atoms with E-state index < -0.39 is 37.2 Å². The molecule has 2 aromatic heterocycles. The van der Waals surface area contributed by atoms with E-state index in [1.165, 1.54) is 17.7 Å². The summed E-state index contributed by atoms with van der Waals surface area (Å²) in [5.74, 6) is 2.42. The van der Waals surface area contributed by atoms with Crippen LogP contribution in [-0.2, 0) is 21.1 Å². The minimum Gasteiger partial charge on any atom is -0.386 e. The summed E-state index contributed by atoms with van der Waals surface area (Å²) in [6.45, 7) is -4.40. The Morgan fingerprint density at radius 2 is 2.24 bits per heavy atom. The van der Waals surface area contributed by atoms with Crippen molar-refractivity contribution < 1.29 is 29.3 Å². The number of terminal acetylenes is 1. The lowest BCUT2D eigenvalue weighted by atomic mass is 9.88. The maximum absolute atomic E-state index is 10.8. The first kappa shape index (κ1) is 18.6. The third-order valence-corrected chi connectivity index (χ3v) is 5.65. The molecule has 1 fully saturated rings. The fourth-order valence-electron chi connectivity index (χ4n) is 2.64. The second-order valence-corrected chi connectivity index (χ2v) is 8.93. The summed E-state index contributed by atoms with van der Waals surface area (Å²) in [7, 11) is 0. The zero-order valence-electron chi connectivity index (χ0n) is 12.5. The van der Waals surface area contributed by atoms with E-state index in [-0.39, 0.29) is 5.82 Å². The van der Waals surface area contributed by atoms with Gasteiger partial charge in [-0.2, -0.15) is 0 Å². The van der Waals surface area contributed by atoms with Crippen LogP contribution in [0.5, 0.6) is 0 Å². The van der Waals surface area contributed by atoms with Gasteiger partial charge in [-0.15, -0.1) is 17.8 Å². The lowest BCUT2D eigenvalue weighted by Crippen LogP contribution is -2.44. The molecule has 1 aliphatic rings. The number of fused-ring (bicyclic) bond motifs is 1. The first-order chi connectivity index (χ1) is 11.7. The Morgan fingerprint density at radius 1 is 1.52 bits per heavy atom. The molecule has 2 aromatic rings. The number of nitrogens with zero attached hydrogens (tertiary/aromatic N) is 2. The third-order valence-electron chi connectivity index (χ3n) is 3.84. The van der Waals surface area contributed by atoms with Crippen LogP contribution >= 0.6 is 18.1 Å². The number of aromatic nitrogens is 2. The van der Waals surface area contributed by atoms with Crippen LogP contribution in [0.25, 0.3) is 10.2 Å². The van der Waals surface area contributed by atoms with Gasteiger partial charge in [0.2, 0.25) is 0 Å². The summed E-state index contributed by atoms with van der Waals surface area (Å²) >= 11 is 5.61. The Bertz CT molecular complexity index is 896. The maximum Gasteiger partial charge on any atom is 0.321 e. The van der Waals surface area contributed by atoms with E-state index in [2.05, 4.69) is 27.7 Å². The number of nitrogens with two attached hydrogens (primary N) is 1. The summed E-state index contributed by atoms with van der Waals surface area (Å²) in [5, 5.41) is 22.8. The highest BCUT2D eigenvalue weighted by Crippen LogP contribution is 2.46. The van der Waals surface area contributed by atoms with E-state index >= 15 is 0 Å². The molecule has 1 saturated heterocycles. The van der Waals surface area contributed by atoms with Gasteiger partial charge in [-0.3, -0.25) is 0 Å². The van der Waals surface area contributed by atoms with Crippen LogP contribution in [0.3, 0.4) is 0 Å². The van der Waals surface area contributed by atoms with Crippen molar-refractivity contribution in [1.82, 2.24) is 9.97 Å². The highest BCUT2D eigenvalue weighted by atomic mass is 32.5. The molecule has 3 heterocycles. The monoisotopic (exact) mass is 403 g/mol. The molecule has 9 nitrogen and oxygen atoms in total. The molecule has 4 atom stereocenters. The van der Waals surface area contributed by atoms with E-state index in [1.807, 2.05) is 0 Å². The summed E-state index contributed by atoms with van der Waals surface area (Å²) in [5.41, 5.74) is 4.60. The fraction of sp³-hybridized carbons (Fsp3) is 0.385. The summed E-state index contributed by atoms with van der Waals surface area (Å²) in [6.07, 6.45) is 2.90. The zero-order valence-corrected chi connectivity index (χ0v) is 15.0. The molecule has 0 unspecified atom stereocenters. The second-order valence-electron chi connectivity index (χ2n) is 5.38. The molecule has 134 valence electrons. The predicted octanol–water partition coefficient (Wildman–Crippen LogP) is -0.336. The molecule has 1 aliphatic heterocycles. The average Bonchev–Trinajstić information content (AvgIpc) is 3.07. The SMILES string of the molecule is C#C[C@@]1(O)[C@H](O)[C@@H](COP(O)(O)=S)O[C@H]1c1csc2c(N)ncnc12. The van der Waals surface area contributed by atoms with E-state index in [0.717, 1.165) is 0 Å². The number of nitrogen functional groups attached to an aromatic ring is 1. The van der Waals surface area contributed by atoms with Crippen molar-refractivity contribution in [1.29, 1.82) is 0 Å². The number of thiophene rings is 1. The van der Waals surface area contributed by atoms with Gasteiger partial charge in [0.25, 0.3) is 0 Å². The standard InChI is InChI=1S/C13H14N3O6PS2/c1-2-13(18)10(17)7(3-21-23(19,20)24)22-11(13)6-4-25-9-8(6)15-5-16-12(9)14/h1,4-5,7,10-11,17-18H,3H2,(H2,14,15,16)(H2,19,20,24)/t7-,10-,11+,13-/m1/s1. The van der Waals surface area contributed by atoms with Gasteiger partial charge in [0.15, 0.2) is 5.60 Å². The van der Waals surface area contributed by atoms with Crippen LogP contribution in [0.1, 0.15) is 11.7 Å². The Morgan fingerprint density at radius 3 is 2.88 bits per heavy atom. The van der Waals surface area contributed by atoms with Crippen LogP contribution in [-0.4, -0.2) is 54.4 Å². The van der Waals surface area contributed by atoms with Gasteiger partial charge in [0.1, 0.15) is 30.5 Å². The zero-order chi connectivity index (χ0) is 18.4. The molecule has 25 heavy (non-hydrogen) atoms. The lowest BCUT2D eigenvalue weighted by molar-refractivity contribution is -0.0329. The molecule has 12 heteroatoms. The lowest BCUT2D eigenvalue weighted by Gasteiger charge is -2.25. The molecule has 3 rings (SSSR count). The first-order valence-electron chi connectivity index (χ1n) is 6.88. The molecule has 0 aromatic carbocycles. The van der Waals surface area contributed by atoms with Crippen molar-refractivity contribution in [3.05, 3.63) is 17.3 Å². The number of hydrogen-bond donors (Lipinski definition) is 5. The molecular formula is C13H14N3O6PS2. The van der Waals surface area contributed by atoms with Crippen molar-refractivity contribution >= 4 is 45.9 Å². The third kappa shape index (κ3) is 3.29. The predicted molar refractivity (Wildman–Crippen MR) is 93.9 cm³/mol. The van der Waals surface area contributed by atoms with Crippen molar-refractivity contribution in [3.8, 4) is 12.3 Å². The van der Waals surface area contributed by atoms with Gasteiger partial charge >= 0.3 is 6.72 Å². The number of ether oxygens (including phenoxy) is 1. The van der Waals surface area contributed by atoms with Gasteiger partial charge in [0, 0.05) is 5.56 Å². The molecule has 0 amide bonds. The Hall–Kier alpha value is -1.19. The molecule has 0 spiro atoms. The topological polar surface area (TPSA) is 151 Å². The minimum absolute atomic E-state index is 0.269. The smallest absolute Gasteiger partial charge is 0.321 e. The minimum atomic E-state index is -3.95. The maximum atomic E-state index is 10.8. The number of rotatable bonds is 4. The van der Waals surface area contributed by atoms with Crippen molar-refractivity contribution in [3.63, 3.8) is 0 Å². The van der Waals surface area contributed by atoms with E-state index in [0.29, 0.717) is 15.8 Å². The van der Waals surface area contributed by atoms with E-state index in [4.69, 9.17) is 31.2 Å². The van der Waals surface area contributed by atoms with E-state index in [1.54, 1.807) is 5.38 Å². The average molecular weight is 403 g/mol. The molecular weight excluding hydrogens is 389 g/mol. The van der Waals surface area contributed by atoms with E-state index in [9.17, 15) is 10.2 Å². The fourth-order valence-corrected chi connectivity index (χ4v) is 4.10. The van der Waals surface area contributed by atoms with Crippen LogP contribution in [0.4, 0.5) is 5.82 Å². The molecule has 0 saturated carbocycles. The Balaban J connectivity index is 1.98. The van der Waals surface area contributed by atoms with Gasteiger partial charge < -0.3 is 35.0 Å². The van der Waals surface area contributed by atoms with Gasteiger partial charge in [-0.25, -0.2) is 9.97 Å². The highest BCUT2D eigenvalue weighted by molar-refractivity contribution is 8.06. The van der Waals surface area contributed by atoms with Crippen molar-refractivity contribution in [2.24, 2.45) is 0 Å². The summed E-state index contributed by atoms with van der Waals surface area (Å²) in [6, 6.07) is 0. The summed E-state index contributed by atoms with van der Waals surface area (Å²) < 4.78 is 11.0. The first-order valence-corrected chi connectivity index (χ1v) is 10.4. The molecule has 0 bridgehead atoms. The van der Waals surface area contributed by atoms with Crippen molar-refractivity contribution in [2.75, 3.05) is 12.3 Å². The Labute approximate surface area is 151 Å². The second kappa shape index (κ2) is 6.51. The molecule has 6 N–H and O–H groups in total. The van der Waals surface area contributed by atoms with Crippen LogP contribution in [0.2, 0.25) is 0 Å². The normalized spacial score (nSPS) is 29.8. The van der Waals surface area contributed by atoms with Gasteiger partial charge in [0.05, 0.1) is 16.8 Å². The highest BCUT2D eigenvalue weighted by Gasteiger charge is 2.56. The van der Waals surface area contributed by atoms with Gasteiger partial charge in [-0.1, -0.05) is 5.92 Å². The summed E-state index contributed by atoms with van der Waals surface area (Å²) in [4.78, 5) is 26.4. The van der Waals surface area contributed by atoms with Gasteiger partial charge in [-0.05, 0) is 17.2 Å².